The number of nitro groups is 1. The average molecular weight is 274 g/mol. The van der Waals surface area contributed by atoms with E-state index in [1.54, 1.807) is 12.1 Å². The first-order valence-electron chi connectivity index (χ1n) is 7.16. The Hall–Kier alpha value is -1.91. The van der Waals surface area contributed by atoms with Crippen LogP contribution >= 0.6 is 0 Å². The van der Waals surface area contributed by atoms with Gasteiger partial charge in [-0.2, -0.15) is 0 Å². The molecular weight excluding hydrogens is 256 g/mol. The number of fused-ring (bicyclic) bond motifs is 2. The fourth-order valence-corrected chi connectivity index (χ4v) is 3.71. The molecule has 2 fully saturated rings. The summed E-state index contributed by atoms with van der Waals surface area (Å²) in [4.78, 5) is 22.3. The lowest BCUT2D eigenvalue weighted by molar-refractivity contribution is -0.384. The van der Waals surface area contributed by atoms with Crippen LogP contribution in [0.3, 0.4) is 0 Å². The van der Waals surface area contributed by atoms with Crippen LogP contribution in [0, 0.1) is 27.9 Å². The first kappa shape index (κ1) is 13.1. The van der Waals surface area contributed by atoms with Crippen molar-refractivity contribution in [3.8, 4) is 0 Å². The third-order valence-corrected chi connectivity index (χ3v) is 4.73. The molecule has 2 aliphatic carbocycles. The second kappa shape index (κ2) is 5.23. The molecule has 0 aromatic heterocycles. The Balaban J connectivity index is 1.59. The fourth-order valence-electron chi connectivity index (χ4n) is 3.71. The molecule has 3 atom stereocenters. The van der Waals surface area contributed by atoms with Crippen molar-refractivity contribution >= 4 is 11.6 Å². The Labute approximate surface area is 117 Å². The molecule has 1 N–H and O–H groups in total. The molecule has 3 rings (SSSR count). The Kier molecular flexibility index (Phi) is 3.42. The number of carbonyl (C=O) groups excluding carboxylic acids is 1. The van der Waals surface area contributed by atoms with Gasteiger partial charge in [-0.25, -0.2) is 0 Å². The minimum absolute atomic E-state index is 0.0439. The van der Waals surface area contributed by atoms with Crippen LogP contribution in [0.4, 0.5) is 5.69 Å². The molecule has 3 unspecified atom stereocenters. The minimum Gasteiger partial charge on any atom is -0.352 e. The molecule has 0 aliphatic heterocycles. The molecule has 0 saturated heterocycles. The van der Waals surface area contributed by atoms with Crippen molar-refractivity contribution < 1.29 is 9.72 Å². The van der Waals surface area contributed by atoms with Crippen LogP contribution in [0.1, 0.15) is 36.0 Å². The zero-order valence-electron chi connectivity index (χ0n) is 11.2. The maximum atomic E-state index is 12.0. The lowest BCUT2D eigenvalue weighted by atomic mass is 9.89. The maximum absolute atomic E-state index is 12.0. The zero-order valence-corrected chi connectivity index (χ0v) is 11.2. The Bertz CT molecular complexity index is 544. The van der Waals surface area contributed by atoms with E-state index in [0.717, 1.165) is 11.8 Å². The maximum Gasteiger partial charge on any atom is 0.270 e. The van der Waals surface area contributed by atoms with Crippen molar-refractivity contribution in [2.45, 2.75) is 25.7 Å². The summed E-state index contributed by atoms with van der Waals surface area (Å²) in [6.45, 7) is 0.697. The van der Waals surface area contributed by atoms with Gasteiger partial charge in [0.2, 0.25) is 0 Å². The monoisotopic (exact) mass is 274 g/mol. The van der Waals surface area contributed by atoms with E-state index in [1.807, 2.05) is 0 Å². The third-order valence-electron chi connectivity index (χ3n) is 4.73. The number of carbonyl (C=O) groups is 1. The van der Waals surface area contributed by atoms with Crippen molar-refractivity contribution in [3.05, 3.63) is 39.9 Å². The number of amides is 1. The Morgan fingerprint density at radius 2 is 2.20 bits per heavy atom. The topological polar surface area (TPSA) is 72.2 Å². The number of hydrogen-bond acceptors (Lipinski definition) is 3. The number of nitrogens with one attached hydrogen (secondary N) is 1. The van der Waals surface area contributed by atoms with Gasteiger partial charge in [-0.15, -0.1) is 0 Å². The summed E-state index contributed by atoms with van der Waals surface area (Å²) < 4.78 is 0. The first-order valence-corrected chi connectivity index (χ1v) is 7.16. The van der Waals surface area contributed by atoms with E-state index in [-0.39, 0.29) is 11.6 Å². The van der Waals surface area contributed by atoms with E-state index >= 15 is 0 Å². The number of benzene rings is 1. The normalized spacial score (nSPS) is 27.5. The summed E-state index contributed by atoms with van der Waals surface area (Å²) in [6.07, 6.45) is 5.18. The predicted octanol–water partition coefficient (Wildman–Crippen LogP) is 2.76. The first-order chi connectivity index (χ1) is 9.63. The van der Waals surface area contributed by atoms with Gasteiger partial charge in [0.25, 0.3) is 11.6 Å². The van der Waals surface area contributed by atoms with Gasteiger partial charge < -0.3 is 5.32 Å². The summed E-state index contributed by atoms with van der Waals surface area (Å²) in [5.41, 5.74) is 0.319. The summed E-state index contributed by atoms with van der Waals surface area (Å²) in [5, 5.41) is 13.6. The Morgan fingerprint density at radius 3 is 2.85 bits per heavy atom. The molecule has 0 radical (unpaired) electrons. The smallest absolute Gasteiger partial charge is 0.270 e. The molecule has 106 valence electrons. The highest BCUT2D eigenvalue weighted by atomic mass is 16.6. The van der Waals surface area contributed by atoms with E-state index in [9.17, 15) is 14.9 Å². The number of non-ortho nitro benzene ring substituents is 1. The predicted molar refractivity (Wildman–Crippen MR) is 74.4 cm³/mol. The number of nitro benzene ring substituents is 1. The number of nitrogens with zero attached hydrogens (tertiary/aromatic N) is 1. The summed E-state index contributed by atoms with van der Waals surface area (Å²) in [5.74, 6) is 2.01. The molecule has 0 spiro atoms. The standard InChI is InChI=1S/C15H18N2O3/c18-15(12-2-1-3-14(8-12)17(19)20)16-9-13-7-10-4-5-11(13)6-10/h1-3,8,10-11,13H,4-7,9H2,(H,16,18). The largest absolute Gasteiger partial charge is 0.352 e. The third kappa shape index (κ3) is 2.53. The van der Waals surface area contributed by atoms with Gasteiger partial charge in [-0.05, 0) is 43.1 Å². The van der Waals surface area contributed by atoms with Crippen molar-refractivity contribution in [3.63, 3.8) is 0 Å². The van der Waals surface area contributed by atoms with Gasteiger partial charge in [-0.1, -0.05) is 12.5 Å². The molecule has 1 aromatic rings. The highest BCUT2D eigenvalue weighted by Gasteiger charge is 2.39. The van der Waals surface area contributed by atoms with Crippen LogP contribution in [-0.4, -0.2) is 17.4 Å². The van der Waals surface area contributed by atoms with Crippen molar-refractivity contribution in [2.75, 3.05) is 6.54 Å². The van der Waals surface area contributed by atoms with Crippen LogP contribution in [0.2, 0.25) is 0 Å². The summed E-state index contributed by atoms with van der Waals surface area (Å²) in [6, 6.07) is 5.89. The van der Waals surface area contributed by atoms with Gasteiger partial charge >= 0.3 is 0 Å². The second-order valence-electron chi connectivity index (χ2n) is 5.95. The van der Waals surface area contributed by atoms with Crippen LogP contribution < -0.4 is 5.32 Å². The van der Waals surface area contributed by atoms with E-state index in [0.29, 0.717) is 18.0 Å². The van der Waals surface area contributed by atoms with E-state index in [4.69, 9.17) is 0 Å². The van der Waals surface area contributed by atoms with Crippen molar-refractivity contribution in [1.82, 2.24) is 5.32 Å². The highest BCUT2D eigenvalue weighted by molar-refractivity contribution is 5.94. The highest BCUT2D eigenvalue weighted by Crippen LogP contribution is 2.47. The van der Waals surface area contributed by atoms with Crippen molar-refractivity contribution in [2.24, 2.45) is 17.8 Å². The van der Waals surface area contributed by atoms with Gasteiger partial charge in [0.1, 0.15) is 0 Å². The van der Waals surface area contributed by atoms with Crippen LogP contribution in [0.15, 0.2) is 24.3 Å². The van der Waals surface area contributed by atoms with Gasteiger partial charge in [0.15, 0.2) is 0 Å². The lowest BCUT2D eigenvalue weighted by Gasteiger charge is -2.21. The van der Waals surface area contributed by atoms with E-state index in [1.165, 1.54) is 37.8 Å². The zero-order chi connectivity index (χ0) is 14.1. The SMILES string of the molecule is O=C(NCC1CC2CCC1C2)c1cccc([N+](=O)[O-])c1. The molecule has 1 amide bonds. The van der Waals surface area contributed by atoms with Gasteiger partial charge in [0, 0.05) is 24.2 Å². The molecule has 1 aromatic carbocycles. The molecule has 2 saturated carbocycles. The molecule has 2 aliphatic rings. The molecule has 20 heavy (non-hydrogen) atoms. The van der Waals surface area contributed by atoms with Crippen molar-refractivity contribution in [1.29, 1.82) is 0 Å². The molecule has 5 heteroatoms. The van der Waals surface area contributed by atoms with Crippen LogP contribution in [0.25, 0.3) is 0 Å². The van der Waals surface area contributed by atoms with Crippen LogP contribution in [-0.2, 0) is 0 Å². The quantitative estimate of drug-likeness (QED) is 0.677. The molecule has 0 heterocycles. The van der Waals surface area contributed by atoms with E-state index < -0.39 is 4.92 Å². The minimum atomic E-state index is -0.479. The van der Waals surface area contributed by atoms with E-state index in [2.05, 4.69) is 5.32 Å². The molecule has 5 nitrogen and oxygen atoms in total. The molecular formula is C15H18N2O3. The second-order valence-corrected chi connectivity index (χ2v) is 5.95. The number of hydrogen-bond donors (Lipinski definition) is 1. The summed E-state index contributed by atoms with van der Waals surface area (Å²) in [7, 11) is 0. The lowest BCUT2D eigenvalue weighted by Crippen LogP contribution is -2.31. The number of rotatable bonds is 4. The molecule has 2 bridgehead atoms. The average Bonchev–Trinajstić information content (AvgIpc) is 3.07. The summed E-state index contributed by atoms with van der Waals surface area (Å²) >= 11 is 0. The Morgan fingerprint density at radius 1 is 1.35 bits per heavy atom. The van der Waals surface area contributed by atoms with Gasteiger partial charge in [0.05, 0.1) is 4.92 Å². The van der Waals surface area contributed by atoms with Gasteiger partial charge in [-0.3, -0.25) is 14.9 Å². The fraction of sp³-hybridized carbons (Fsp3) is 0.533. The van der Waals surface area contributed by atoms with Crippen LogP contribution in [0.5, 0.6) is 0 Å².